The molecular formula is C25H20BrClF2N6O3S. The molecule has 3 aromatic carbocycles. The Balaban J connectivity index is 1.81. The van der Waals surface area contributed by atoms with Crippen LogP contribution in [-0.2, 0) is 29.2 Å². The quantitative estimate of drug-likeness (QED) is 0.289. The molecule has 1 unspecified atom stereocenters. The van der Waals surface area contributed by atoms with E-state index in [1.807, 2.05) is 0 Å². The van der Waals surface area contributed by atoms with E-state index in [0.29, 0.717) is 20.9 Å². The minimum absolute atomic E-state index is 0.0422. The fourth-order valence-electron chi connectivity index (χ4n) is 4.64. The zero-order valence-electron chi connectivity index (χ0n) is 20.2. The summed E-state index contributed by atoms with van der Waals surface area (Å²) in [6.07, 6.45) is -0.0422. The summed E-state index contributed by atoms with van der Waals surface area (Å²) in [6, 6.07) is 10.1. The number of hydrogen-bond acceptors (Lipinski definition) is 6. The van der Waals surface area contributed by atoms with Crippen LogP contribution in [0.4, 0.5) is 8.78 Å². The third kappa shape index (κ3) is 5.32. The second-order valence-electron chi connectivity index (χ2n) is 9.03. The second-order valence-corrected chi connectivity index (χ2v) is 12.0. The zero-order chi connectivity index (χ0) is 28.2. The van der Waals surface area contributed by atoms with Gasteiger partial charge in [0.2, 0.25) is 10.0 Å². The van der Waals surface area contributed by atoms with Crippen molar-refractivity contribution in [1.82, 2.24) is 19.3 Å². The summed E-state index contributed by atoms with van der Waals surface area (Å²) in [6.45, 7) is 0. The van der Waals surface area contributed by atoms with Crippen LogP contribution >= 0.6 is 27.5 Å². The number of hydrogen-bond donors (Lipinski definition) is 2. The molecule has 0 fully saturated rings. The number of primary sulfonamides is 1. The van der Waals surface area contributed by atoms with Gasteiger partial charge in [-0.25, -0.2) is 27.3 Å². The van der Waals surface area contributed by atoms with Crippen LogP contribution in [0.25, 0.3) is 27.5 Å². The number of aryl methyl sites for hydroxylation is 1. The van der Waals surface area contributed by atoms with E-state index in [0.717, 1.165) is 18.2 Å². The molecule has 4 N–H and O–H groups in total. The lowest BCUT2D eigenvalue weighted by Crippen LogP contribution is -2.30. The van der Waals surface area contributed by atoms with Crippen LogP contribution < -0.4 is 16.4 Å². The molecule has 202 valence electrons. The van der Waals surface area contributed by atoms with Crippen molar-refractivity contribution in [2.75, 3.05) is 0 Å². The molecule has 0 amide bonds. The lowest BCUT2D eigenvalue weighted by Gasteiger charge is -2.20. The SMILES string of the molecule is Cn1nc(CS(N)(=O)=O)c2c(Cl)ccc(-n3c(C(N)Cc4cc(F)cc(F)c4)nc4cc(Br)ccc4c3=O)c21. The second kappa shape index (κ2) is 10.1. The van der Waals surface area contributed by atoms with Crippen molar-refractivity contribution in [3.8, 4) is 5.69 Å². The molecule has 2 aromatic heterocycles. The maximum Gasteiger partial charge on any atom is 0.266 e. The minimum Gasteiger partial charge on any atom is -0.321 e. The normalized spacial score (nSPS) is 12.9. The van der Waals surface area contributed by atoms with Crippen LogP contribution in [0.2, 0.25) is 5.02 Å². The Kier molecular flexibility index (Phi) is 7.06. The Hall–Kier alpha value is -3.23. The van der Waals surface area contributed by atoms with Gasteiger partial charge in [0.15, 0.2) is 0 Å². The average molecular weight is 638 g/mol. The molecule has 0 saturated heterocycles. The molecule has 9 nitrogen and oxygen atoms in total. The first-order chi connectivity index (χ1) is 18.3. The van der Waals surface area contributed by atoms with Crippen molar-refractivity contribution >= 4 is 59.4 Å². The Morgan fingerprint density at radius 1 is 1.10 bits per heavy atom. The van der Waals surface area contributed by atoms with Gasteiger partial charge >= 0.3 is 0 Å². The van der Waals surface area contributed by atoms with E-state index in [-0.39, 0.29) is 39.6 Å². The standard InChI is InChI=1S/C25H20BrClF2N6O3S/c1-34-23-21(5-4-17(27)22(23)20(33-34)11-39(31,37)38)35-24(18(30)8-12-6-14(28)10-15(29)7-12)32-19-9-13(26)2-3-16(19)25(35)36/h2-7,9-10,18H,8,11,30H2,1H3,(H2,31,37,38). The Morgan fingerprint density at radius 3 is 2.46 bits per heavy atom. The summed E-state index contributed by atoms with van der Waals surface area (Å²) in [5.74, 6) is -2.00. The van der Waals surface area contributed by atoms with Crippen molar-refractivity contribution < 1.29 is 17.2 Å². The summed E-state index contributed by atoms with van der Waals surface area (Å²) < 4.78 is 54.9. The van der Waals surface area contributed by atoms with Crippen LogP contribution in [0, 0.1) is 11.6 Å². The Bertz CT molecular complexity index is 1940. The third-order valence-electron chi connectivity index (χ3n) is 6.13. The predicted octanol–water partition coefficient (Wildman–Crippen LogP) is 4.00. The number of sulfonamides is 1. The predicted molar refractivity (Wildman–Crippen MR) is 148 cm³/mol. The first kappa shape index (κ1) is 27.3. The first-order valence-corrected chi connectivity index (χ1v) is 14.3. The third-order valence-corrected chi connectivity index (χ3v) is 7.62. The molecule has 5 rings (SSSR count). The van der Waals surface area contributed by atoms with E-state index in [1.54, 1.807) is 31.3 Å². The summed E-state index contributed by atoms with van der Waals surface area (Å²) >= 11 is 9.84. The van der Waals surface area contributed by atoms with Gasteiger partial charge in [-0.3, -0.25) is 14.0 Å². The number of halogens is 4. The number of fused-ring (bicyclic) bond motifs is 2. The fourth-order valence-corrected chi connectivity index (χ4v) is 5.84. The van der Waals surface area contributed by atoms with Gasteiger partial charge < -0.3 is 5.73 Å². The zero-order valence-corrected chi connectivity index (χ0v) is 23.4. The van der Waals surface area contributed by atoms with Gasteiger partial charge in [-0.15, -0.1) is 0 Å². The molecule has 14 heteroatoms. The molecule has 0 aliphatic carbocycles. The molecule has 0 aliphatic rings. The molecule has 0 spiro atoms. The lowest BCUT2D eigenvalue weighted by atomic mass is 10.0. The van der Waals surface area contributed by atoms with Crippen molar-refractivity contribution in [3.05, 3.63) is 97.1 Å². The van der Waals surface area contributed by atoms with E-state index in [9.17, 15) is 22.0 Å². The largest absolute Gasteiger partial charge is 0.321 e. The Labute approximate surface area is 234 Å². The highest BCUT2D eigenvalue weighted by Gasteiger charge is 2.25. The summed E-state index contributed by atoms with van der Waals surface area (Å²) in [7, 11) is -2.38. The maximum absolute atomic E-state index is 14.0. The number of nitrogens with zero attached hydrogens (tertiary/aromatic N) is 4. The fraction of sp³-hybridized carbons (Fsp3) is 0.160. The highest BCUT2D eigenvalue weighted by Crippen LogP contribution is 2.33. The monoisotopic (exact) mass is 636 g/mol. The average Bonchev–Trinajstić information content (AvgIpc) is 3.14. The van der Waals surface area contributed by atoms with Crippen molar-refractivity contribution in [1.29, 1.82) is 0 Å². The lowest BCUT2D eigenvalue weighted by molar-refractivity contribution is 0.572. The van der Waals surface area contributed by atoms with Crippen LogP contribution in [0.5, 0.6) is 0 Å². The smallest absolute Gasteiger partial charge is 0.266 e. The molecule has 5 aromatic rings. The number of aromatic nitrogens is 4. The summed E-state index contributed by atoms with van der Waals surface area (Å²) in [5, 5.41) is 10.3. The topological polar surface area (TPSA) is 139 Å². The molecule has 0 saturated carbocycles. The van der Waals surface area contributed by atoms with E-state index in [2.05, 4.69) is 26.0 Å². The first-order valence-electron chi connectivity index (χ1n) is 11.4. The van der Waals surface area contributed by atoms with Crippen molar-refractivity contribution in [3.63, 3.8) is 0 Å². The van der Waals surface area contributed by atoms with Gasteiger partial charge in [0.25, 0.3) is 5.56 Å². The number of benzene rings is 3. The highest BCUT2D eigenvalue weighted by atomic mass is 79.9. The van der Waals surface area contributed by atoms with Gasteiger partial charge in [-0.1, -0.05) is 27.5 Å². The van der Waals surface area contributed by atoms with Gasteiger partial charge in [-0.2, -0.15) is 5.10 Å². The highest BCUT2D eigenvalue weighted by molar-refractivity contribution is 9.10. The molecule has 39 heavy (non-hydrogen) atoms. The van der Waals surface area contributed by atoms with E-state index in [1.165, 1.54) is 15.3 Å². The van der Waals surface area contributed by atoms with Gasteiger partial charge in [0.05, 0.1) is 38.9 Å². The number of nitrogens with two attached hydrogens (primary N) is 2. The van der Waals surface area contributed by atoms with Crippen LogP contribution in [0.15, 0.2) is 57.8 Å². The summed E-state index contributed by atoms with van der Waals surface area (Å²) in [4.78, 5) is 18.6. The minimum atomic E-state index is -3.95. The van der Waals surface area contributed by atoms with Crippen LogP contribution in [-0.4, -0.2) is 27.7 Å². The van der Waals surface area contributed by atoms with Gasteiger partial charge in [0, 0.05) is 23.0 Å². The molecule has 0 bridgehead atoms. The van der Waals surface area contributed by atoms with Crippen LogP contribution in [0.1, 0.15) is 23.1 Å². The molecule has 1 atom stereocenters. The molecular weight excluding hydrogens is 618 g/mol. The van der Waals surface area contributed by atoms with E-state index >= 15 is 0 Å². The van der Waals surface area contributed by atoms with Gasteiger partial charge in [0.1, 0.15) is 23.2 Å². The van der Waals surface area contributed by atoms with Gasteiger partial charge in [-0.05, 0) is 54.4 Å². The van der Waals surface area contributed by atoms with E-state index < -0.39 is 39.0 Å². The Morgan fingerprint density at radius 2 is 1.79 bits per heavy atom. The summed E-state index contributed by atoms with van der Waals surface area (Å²) in [5.41, 5.74) is 7.42. The van der Waals surface area contributed by atoms with Crippen LogP contribution in [0.3, 0.4) is 0 Å². The molecule has 2 heterocycles. The van der Waals surface area contributed by atoms with Crippen molar-refractivity contribution in [2.45, 2.75) is 18.2 Å². The van der Waals surface area contributed by atoms with E-state index in [4.69, 9.17) is 22.5 Å². The molecule has 0 aliphatic heterocycles. The van der Waals surface area contributed by atoms with Crippen molar-refractivity contribution in [2.24, 2.45) is 17.9 Å². The number of rotatable bonds is 6. The molecule has 0 radical (unpaired) electrons. The maximum atomic E-state index is 14.0.